The summed E-state index contributed by atoms with van der Waals surface area (Å²) in [4.78, 5) is 0. The first-order chi connectivity index (χ1) is 10.6. The van der Waals surface area contributed by atoms with E-state index in [0.29, 0.717) is 38.9 Å². The molecule has 1 aliphatic rings. The molecule has 1 aliphatic carbocycles. The summed E-state index contributed by atoms with van der Waals surface area (Å²) in [5.41, 5.74) is 2.64. The summed E-state index contributed by atoms with van der Waals surface area (Å²) in [7, 11) is 0. The van der Waals surface area contributed by atoms with Gasteiger partial charge in [-0.1, -0.05) is 40.7 Å². The highest BCUT2D eigenvalue weighted by atomic mass is 35.5. The molecule has 0 spiro atoms. The van der Waals surface area contributed by atoms with E-state index in [1.54, 1.807) is 24.3 Å². The predicted molar refractivity (Wildman–Crippen MR) is 91.0 cm³/mol. The van der Waals surface area contributed by atoms with Gasteiger partial charge in [0.1, 0.15) is 12.4 Å². The summed E-state index contributed by atoms with van der Waals surface area (Å²) < 4.78 is 5.80. The minimum Gasteiger partial charge on any atom is -0.489 e. The molecule has 0 atom stereocenters. The van der Waals surface area contributed by atoms with Crippen LogP contribution in [-0.2, 0) is 6.61 Å². The van der Waals surface area contributed by atoms with Crippen molar-refractivity contribution in [2.24, 2.45) is 0 Å². The lowest BCUT2D eigenvalue weighted by atomic mass is 10.0. The van der Waals surface area contributed by atoms with E-state index < -0.39 is 0 Å². The highest BCUT2D eigenvalue weighted by molar-refractivity contribution is 6.35. The third-order valence-corrected chi connectivity index (χ3v) is 4.40. The van der Waals surface area contributed by atoms with Gasteiger partial charge >= 0.3 is 0 Å². The number of terminal acetylenes is 1. The molecular formula is C18H12Cl3O. The van der Waals surface area contributed by atoms with Gasteiger partial charge in [0.25, 0.3) is 0 Å². The highest BCUT2D eigenvalue weighted by Gasteiger charge is 2.29. The molecule has 1 nitrogen and oxygen atoms in total. The van der Waals surface area contributed by atoms with Gasteiger partial charge in [0, 0.05) is 28.3 Å². The van der Waals surface area contributed by atoms with E-state index in [-0.39, 0.29) is 0 Å². The van der Waals surface area contributed by atoms with Crippen LogP contribution in [0.15, 0.2) is 24.3 Å². The van der Waals surface area contributed by atoms with Crippen LogP contribution in [0.1, 0.15) is 35.4 Å². The molecule has 4 heteroatoms. The normalized spacial score (nSPS) is 13.7. The number of rotatable bonds is 4. The van der Waals surface area contributed by atoms with Gasteiger partial charge in [-0.15, -0.1) is 6.42 Å². The molecule has 0 unspecified atom stereocenters. The standard InChI is InChI=1S/C18H12Cl3O/c1-2-11-5-6-15(9-16(11)20)22-10-13-7-14(19)8-17(21)18(13)12-3-4-12/h1,5-6,8-9,12H,3-4,10H2. The van der Waals surface area contributed by atoms with Crippen molar-refractivity contribution >= 4 is 34.8 Å². The van der Waals surface area contributed by atoms with Crippen LogP contribution < -0.4 is 4.74 Å². The minimum atomic E-state index is 0.345. The minimum absolute atomic E-state index is 0.345. The van der Waals surface area contributed by atoms with E-state index in [0.717, 1.165) is 24.0 Å². The van der Waals surface area contributed by atoms with Crippen molar-refractivity contribution < 1.29 is 4.74 Å². The second kappa shape index (κ2) is 6.42. The number of ether oxygens (including phenoxy) is 1. The molecule has 0 amide bonds. The average molecular weight is 351 g/mol. The molecule has 0 N–H and O–H groups in total. The van der Waals surface area contributed by atoms with Crippen LogP contribution in [0.5, 0.6) is 5.75 Å². The lowest BCUT2D eigenvalue weighted by Crippen LogP contribution is -2.01. The number of benzene rings is 2. The van der Waals surface area contributed by atoms with Gasteiger partial charge in [0.05, 0.1) is 10.0 Å². The maximum atomic E-state index is 6.31. The summed E-state index contributed by atoms with van der Waals surface area (Å²) in [5, 5.41) is 1.68. The van der Waals surface area contributed by atoms with Crippen molar-refractivity contribution in [1.82, 2.24) is 0 Å². The van der Waals surface area contributed by atoms with Gasteiger partial charge in [0.15, 0.2) is 0 Å². The summed E-state index contributed by atoms with van der Waals surface area (Å²) >= 11 is 18.4. The van der Waals surface area contributed by atoms with Gasteiger partial charge in [-0.2, -0.15) is 0 Å². The number of hydrogen-bond donors (Lipinski definition) is 0. The summed E-state index contributed by atoms with van der Waals surface area (Å²) in [6.07, 6.45) is 7.64. The lowest BCUT2D eigenvalue weighted by Gasteiger charge is -2.13. The second-order valence-electron chi connectivity index (χ2n) is 5.21. The van der Waals surface area contributed by atoms with Crippen LogP contribution in [0, 0.1) is 18.4 Å². The molecule has 0 heterocycles. The summed E-state index contributed by atoms with van der Waals surface area (Å²) in [5.74, 6) is 3.66. The Morgan fingerprint density at radius 2 is 1.95 bits per heavy atom. The van der Waals surface area contributed by atoms with Crippen LogP contribution in [0.25, 0.3) is 0 Å². The molecular weight excluding hydrogens is 339 g/mol. The zero-order valence-corrected chi connectivity index (χ0v) is 13.9. The molecule has 1 radical (unpaired) electrons. The Kier molecular flexibility index (Phi) is 4.54. The maximum Gasteiger partial charge on any atom is 0.121 e. The van der Waals surface area contributed by atoms with Gasteiger partial charge in [-0.25, -0.2) is 0 Å². The first-order valence-corrected chi connectivity index (χ1v) is 8.01. The van der Waals surface area contributed by atoms with Crippen molar-refractivity contribution in [2.75, 3.05) is 0 Å². The fraction of sp³-hybridized carbons (Fsp3) is 0.222. The first kappa shape index (κ1) is 15.6. The van der Waals surface area contributed by atoms with Crippen LogP contribution in [0.2, 0.25) is 15.1 Å². The summed E-state index contributed by atoms with van der Waals surface area (Å²) in [6.45, 7) is 0.345. The monoisotopic (exact) mass is 349 g/mol. The number of halogens is 3. The highest BCUT2D eigenvalue weighted by Crippen LogP contribution is 2.45. The van der Waals surface area contributed by atoms with Crippen LogP contribution in [0.4, 0.5) is 0 Å². The van der Waals surface area contributed by atoms with E-state index in [2.05, 4.69) is 12.0 Å². The average Bonchev–Trinajstić information content (AvgIpc) is 3.29. The Hall–Kier alpha value is -1.33. The predicted octanol–water partition coefficient (Wildman–Crippen LogP) is 5.88. The molecule has 2 aromatic rings. The molecule has 0 aliphatic heterocycles. The zero-order valence-electron chi connectivity index (χ0n) is 11.6. The Morgan fingerprint density at radius 1 is 1.18 bits per heavy atom. The molecule has 111 valence electrons. The third-order valence-electron chi connectivity index (χ3n) is 3.57. The Labute approximate surface area is 145 Å². The van der Waals surface area contributed by atoms with Crippen LogP contribution >= 0.6 is 34.8 Å². The fourth-order valence-electron chi connectivity index (χ4n) is 2.37. The molecule has 0 bridgehead atoms. The quantitative estimate of drug-likeness (QED) is 0.625. The zero-order chi connectivity index (χ0) is 15.7. The smallest absolute Gasteiger partial charge is 0.121 e. The van der Waals surface area contributed by atoms with E-state index >= 15 is 0 Å². The largest absolute Gasteiger partial charge is 0.489 e. The van der Waals surface area contributed by atoms with Crippen LogP contribution in [0.3, 0.4) is 0 Å². The molecule has 3 rings (SSSR count). The van der Waals surface area contributed by atoms with Crippen molar-refractivity contribution in [2.45, 2.75) is 25.4 Å². The van der Waals surface area contributed by atoms with Crippen molar-refractivity contribution in [3.8, 4) is 18.1 Å². The Bertz CT molecular complexity index is 758. The maximum absolute atomic E-state index is 6.31. The molecule has 2 aromatic carbocycles. The SMILES string of the molecule is C#Cc1ccc(OCc2[c]c(Cl)cc(Cl)c2C2CC2)cc1Cl. The van der Waals surface area contributed by atoms with E-state index in [1.807, 2.05) is 0 Å². The van der Waals surface area contributed by atoms with Crippen molar-refractivity contribution in [1.29, 1.82) is 0 Å². The second-order valence-corrected chi connectivity index (χ2v) is 6.43. The van der Waals surface area contributed by atoms with E-state index in [9.17, 15) is 0 Å². The Morgan fingerprint density at radius 3 is 2.59 bits per heavy atom. The van der Waals surface area contributed by atoms with E-state index in [1.165, 1.54) is 0 Å². The topological polar surface area (TPSA) is 9.23 Å². The van der Waals surface area contributed by atoms with E-state index in [4.69, 9.17) is 46.0 Å². The first-order valence-electron chi connectivity index (χ1n) is 6.87. The van der Waals surface area contributed by atoms with Gasteiger partial charge < -0.3 is 4.74 Å². The Balaban J connectivity index is 1.82. The van der Waals surface area contributed by atoms with Crippen LogP contribution in [-0.4, -0.2) is 0 Å². The fourth-order valence-corrected chi connectivity index (χ4v) is 3.25. The lowest BCUT2D eigenvalue weighted by molar-refractivity contribution is 0.304. The third kappa shape index (κ3) is 3.36. The van der Waals surface area contributed by atoms with Crippen molar-refractivity contribution in [3.05, 3.63) is 62.1 Å². The van der Waals surface area contributed by atoms with Gasteiger partial charge in [-0.05, 0) is 42.5 Å². The van der Waals surface area contributed by atoms with Crippen molar-refractivity contribution in [3.63, 3.8) is 0 Å². The summed E-state index contributed by atoms with van der Waals surface area (Å²) in [6, 6.07) is 10.1. The molecule has 0 saturated heterocycles. The molecule has 0 aromatic heterocycles. The number of hydrogen-bond acceptors (Lipinski definition) is 1. The van der Waals surface area contributed by atoms with Gasteiger partial charge in [0.2, 0.25) is 0 Å². The molecule has 1 saturated carbocycles. The molecule has 1 fully saturated rings. The van der Waals surface area contributed by atoms with Gasteiger partial charge in [-0.3, -0.25) is 0 Å². The molecule has 22 heavy (non-hydrogen) atoms.